The Morgan fingerprint density at radius 3 is 2.62 bits per heavy atom. The number of amides is 1. The molecule has 1 N–H and O–H groups in total. The van der Waals surface area contributed by atoms with Gasteiger partial charge < -0.3 is 5.32 Å². The van der Waals surface area contributed by atoms with Crippen LogP contribution in [0.4, 0.5) is 14.5 Å². The second-order valence-corrected chi connectivity index (χ2v) is 5.57. The first kappa shape index (κ1) is 15.9. The molecule has 1 amide bonds. The lowest BCUT2D eigenvalue weighted by atomic mass is 10.1. The SMILES string of the molecule is O=C(Nc1ccc(F)cc1F)c1cnn2c(-c3ccccc3)ccnc12. The Bertz CT molecular complexity index is 1110. The number of hydrogen-bond acceptors (Lipinski definition) is 3. The monoisotopic (exact) mass is 350 g/mol. The largest absolute Gasteiger partial charge is 0.319 e. The second-order valence-electron chi connectivity index (χ2n) is 5.57. The predicted octanol–water partition coefficient (Wildman–Crippen LogP) is 3.93. The van der Waals surface area contributed by atoms with Crippen molar-refractivity contribution in [3.8, 4) is 11.3 Å². The summed E-state index contributed by atoms with van der Waals surface area (Å²) in [5, 5.41) is 6.65. The molecule has 0 saturated heterocycles. The van der Waals surface area contributed by atoms with E-state index in [0.717, 1.165) is 23.4 Å². The van der Waals surface area contributed by atoms with Gasteiger partial charge >= 0.3 is 0 Å². The maximum Gasteiger partial charge on any atom is 0.261 e. The molecule has 0 fully saturated rings. The van der Waals surface area contributed by atoms with Gasteiger partial charge in [0.2, 0.25) is 0 Å². The van der Waals surface area contributed by atoms with Crippen LogP contribution >= 0.6 is 0 Å². The normalized spacial score (nSPS) is 10.8. The summed E-state index contributed by atoms with van der Waals surface area (Å²) in [6, 6.07) is 14.3. The molecule has 2 aromatic carbocycles. The van der Waals surface area contributed by atoms with E-state index >= 15 is 0 Å². The fourth-order valence-electron chi connectivity index (χ4n) is 2.66. The van der Waals surface area contributed by atoms with E-state index in [1.807, 2.05) is 30.3 Å². The van der Waals surface area contributed by atoms with Gasteiger partial charge in [0.25, 0.3) is 5.91 Å². The highest BCUT2D eigenvalue weighted by Gasteiger charge is 2.17. The average Bonchev–Trinajstić information content (AvgIpc) is 3.09. The molecule has 4 aromatic rings. The van der Waals surface area contributed by atoms with Gasteiger partial charge in [-0.3, -0.25) is 4.79 Å². The van der Waals surface area contributed by atoms with Gasteiger partial charge in [0.05, 0.1) is 17.6 Å². The van der Waals surface area contributed by atoms with Crippen LogP contribution < -0.4 is 5.32 Å². The third-order valence-corrected chi connectivity index (χ3v) is 3.89. The third-order valence-electron chi connectivity index (χ3n) is 3.89. The van der Waals surface area contributed by atoms with E-state index in [1.165, 1.54) is 6.20 Å². The third kappa shape index (κ3) is 2.79. The fourth-order valence-corrected chi connectivity index (χ4v) is 2.66. The first-order chi connectivity index (χ1) is 12.6. The molecule has 26 heavy (non-hydrogen) atoms. The van der Waals surface area contributed by atoms with Crippen LogP contribution in [0.25, 0.3) is 16.9 Å². The van der Waals surface area contributed by atoms with Crippen LogP contribution in [-0.4, -0.2) is 20.5 Å². The van der Waals surface area contributed by atoms with Crippen LogP contribution in [-0.2, 0) is 0 Å². The van der Waals surface area contributed by atoms with Crippen LogP contribution in [0, 0.1) is 11.6 Å². The van der Waals surface area contributed by atoms with E-state index < -0.39 is 17.5 Å². The van der Waals surface area contributed by atoms with Gasteiger partial charge in [0, 0.05) is 17.8 Å². The summed E-state index contributed by atoms with van der Waals surface area (Å²) >= 11 is 0. The van der Waals surface area contributed by atoms with E-state index in [0.29, 0.717) is 11.7 Å². The molecule has 0 radical (unpaired) electrons. The lowest BCUT2D eigenvalue weighted by Gasteiger charge is -2.06. The summed E-state index contributed by atoms with van der Waals surface area (Å²) in [7, 11) is 0. The molecular weight excluding hydrogens is 338 g/mol. The highest BCUT2D eigenvalue weighted by molar-refractivity contribution is 6.08. The highest BCUT2D eigenvalue weighted by Crippen LogP contribution is 2.22. The van der Waals surface area contributed by atoms with Gasteiger partial charge in [-0.15, -0.1) is 0 Å². The number of nitrogens with one attached hydrogen (secondary N) is 1. The lowest BCUT2D eigenvalue weighted by Crippen LogP contribution is -2.13. The maximum absolute atomic E-state index is 13.8. The summed E-state index contributed by atoms with van der Waals surface area (Å²) in [5.74, 6) is -2.15. The van der Waals surface area contributed by atoms with Crippen LogP contribution in [0.1, 0.15) is 10.4 Å². The summed E-state index contributed by atoms with van der Waals surface area (Å²) < 4.78 is 28.3. The van der Waals surface area contributed by atoms with E-state index in [2.05, 4.69) is 15.4 Å². The van der Waals surface area contributed by atoms with Crippen molar-refractivity contribution in [2.24, 2.45) is 0 Å². The molecule has 2 heterocycles. The Labute approximate surface area is 146 Å². The number of fused-ring (bicyclic) bond motifs is 1. The molecule has 128 valence electrons. The molecule has 7 heteroatoms. The molecule has 4 rings (SSSR count). The number of rotatable bonds is 3. The Morgan fingerprint density at radius 1 is 1.04 bits per heavy atom. The van der Waals surface area contributed by atoms with Crippen molar-refractivity contribution >= 4 is 17.2 Å². The minimum atomic E-state index is -0.854. The number of benzene rings is 2. The average molecular weight is 350 g/mol. The number of carbonyl (C=O) groups is 1. The minimum absolute atomic E-state index is 0.116. The zero-order valence-electron chi connectivity index (χ0n) is 13.4. The molecule has 0 unspecified atom stereocenters. The molecule has 0 bridgehead atoms. The zero-order chi connectivity index (χ0) is 18.1. The molecule has 0 saturated carbocycles. The van der Waals surface area contributed by atoms with Crippen LogP contribution in [0.5, 0.6) is 0 Å². The molecule has 0 atom stereocenters. The van der Waals surface area contributed by atoms with Gasteiger partial charge in [-0.25, -0.2) is 18.3 Å². The van der Waals surface area contributed by atoms with Crippen molar-refractivity contribution in [2.45, 2.75) is 0 Å². The Morgan fingerprint density at radius 2 is 1.85 bits per heavy atom. The first-order valence-electron chi connectivity index (χ1n) is 7.78. The highest BCUT2D eigenvalue weighted by atomic mass is 19.1. The van der Waals surface area contributed by atoms with Crippen molar-refractivity contribution in [3.63, 3.8) is 0 Å². The van der Waals surface area contributed by atoms with Crippen LogP contribution in [0.15, 0.2) is 67.0 Å². The van der Waals surface area contributed by atoms with Crippen molar-refractivity contribution in [2.75, 3.05) is 5.32 Å². The summed E-state index contributed by atoms with van der Waals surface area (Å²) in [4.78, 5) is 16.7. The van der Waals surface area contributed by atoms with Crippen molar-refractivity contribution in [1.82, 2.24) is 14.6 Å². The number of halogens is 2. The Hall–Kier alpha value is -3.61. The van der Waals surface area contributed by atoms with Gasteiger partial charge in [-0.2, -0.15) is 5.10 Å². The first-order valence-corrected chi connectivity index (χ1v) is 7.78. The zero-order valence-corrected chi connectivity index (χ0v) is 13.4. The number of carbonyl (C=O) groups excluding carboxylic acids is 1. The number of anilines is 1. The van der Waals surface area contributed by atoms with Crippen LogP contribution in [0.3, 0.4) is 0 Å². The quantitative estimate of drug-likeness (QED) is 0.609. The van der Waals surface area contributed by atoms with Crippen molar-refractivity contribution in [1.29, 1.82) is 0 Å². The topological polar surface area (TPSA) is 59.3 Å². The van der Waals surface area contributed by atoms with Crippen LogP contribution in [0.2, 0.25) is 0 Å². The van der Waals surface area contributed by atoms with Gasteiger partial charge in [-0.05, 0) is 18.2 Å². The second kappa shape index (κ2) is 6.36. The van der Waals surface area contributed by atoms with E-state index in [-0.39, 0.29) is 11.3 Å². The van der Waals surface area contributed by atoms with Crippen molar-refractivity contribution < 1.29 is 13.6 Å². The maximum atomic E-state index is 13.8. The summed E-state index contributed by atoms with van der Waals surface area (Å²) in [5.41, 5.74) is 2.09. The number of aromatic nitrogens is 3. The molecule has 0 aliphatic carbocycles. The van der Waals surface area contributed by atoms with Crippen molar-refractivity contribution in [3.05, 3.63) is 84.2 Å². The van der Waals surface area contributed by atoms with E-state index in [1.54, 1.807) is 16.8 Å². The van der Waals surface area contributed by atoms with Gasteiger partial charge in [-0.1, -0.05) is 30.3 Å². The van der Waals surface area contributed by atoms with Gasteiger partial charge in [0.15, 0.2) is 5.65 Å². The molecule has 5 nitrogen and oxygen atoms in total. The smallest absolute Gasteiger partial charge is 0.261 e. The molecule has 0 aliphatic heterocycles. The Kier molecular flexibility index (Phi) is 3.89. The molecule has 0 spiro atoms. The minimum Gasteiger partial charge on any atom is -0.319 e. The number of nitrogens with zero attached hydrogens (tertiary/aromatic N) is 3. The summed E-state index contributed by atoms with van der Waals surface area (Å²) in [6.45, 7) is 0. The number of hydrogen-bond donors (Lipinski definition) is 1. The van der Waals surface area contributed by atoms with E-state index in [4.69, 9.17) is 0 Å². The lowest BCUT2D eigenvalue weighted by molar-refractivity contribution is 0.102. The molecular formula is C19H12F2N4O. The standard InChI is InChI=1S/C19H12F2N4O/c20-13-6-7-16(15(21)10-13)24-19(26)14-11-23-25-17(8-9-22-18(14)25)12-4-2-1-3-5-12/h1-11H,(H,24,26). The molecule has 0 aliphatic rings. The summed E-state index contributed by atoms with van der Waals surface area (Å²) in [6.07, 6.45) is 2.94. The van der Waals surface area contributed by atoms with E-state index in [9.17, 15) is 13.6 Å². The Balaban J connectivity index is 1.72. The predicted molar refractivity (Wildman–Crippen MR) is 92.7 cm³/mol. The van der Waals surface area contributed by atoms with Gasteiger partial charge in [0.1, 0.15) is 17.2 Å². The fraction of sp³-hybridized carbons (Fsp3) is 0. The molecule has 2 aromatic heterocycles.